The molecule has 1 amide bonds. The first-order valence-corrected chi connectivity index (χ1v) is 8.43. The fraction of sp³-hybridized carbons (Fsp3) is 0.647. The van der Waals surface area contributed by atoms with Gasteiger partial charge < -0.3 is 14.5 Å². The highest BCUT2D eigenvalue weighted by Gasteiger charge is 2.48. The van der Waals surface area contributed by atoms with Gasteiger partial charge in [0.25, 0.3) is 0 Å². The smallest absolute Gasteiger partial charge is 0.383 e. The first-order chi connectivity index (χ1) is 11.9. The summed E-state index contributed by atoms with van der Waals surface area (Å²) in [5.41, 5.74) is -1.41. The van der Waals surface area contributed by atoms with E-state index in [1.807, 2.05) is 4.90 Å². The van der Waals surface area contributed by atoms with Gasteiger partial charge >= 0.3 is 6.18 Å². The summed E-state index contributed by atoms with van der Waals surface area (Å²) in [6.07, 6.45) is -2.15. The molecule has 0 radical (unpaired) electrons. The van der Waals surface area contributed by atoms with E-state index in [0.717, 1.165) is 18.9 Å². The van der Waals surface area contributed by atoms with Gasteiger partial charge in [-0.15, -0.1) is 0 Å². The average Bonchev–Trinajstić information content (AvgIpc) is 3.01. The molecule has 0 aromatic carbocycles. The number of hydrogen-bond donors (Lipinski definition) is 0. The van der Waals surface area contributed by atoms with Gasteiger partial charge in [-0.25, -0.2) is 4.98 Å². The van der Waals surface area contributed by atoms with E-state index in [2.05, 4.69) is 4.98 Å². The minimum absolute atomic E-state index is 0.0882. The van der Waals surface area contributed by atoms with Crippen molar-refractivity contribution in [2.45, 2.75) is 25.4 Å². The van der Waals surface area contributed by atoms with E-state index in [4.69, 9.17) is 4.74 Å². The van der Waals surface area contributed by atoms with Crippen LogP contribution in [0.4, 0.5) is 19.0 Å². The van der Waals surface area contributed by atoms with Gasteiger partial charge in [0.1, 0.15) is 11.5 Å². The van der Waals surface area contributed by atoms with Crippen LogP contribution in [0.2, 0.25) is 0 Å². The minimum Gasteiger partial charge on any atom is -0.383 e. The van der Waals surface area contributed by atoms with Crippen LogP contribution in [0.3, 0.4) is 0 Å². The van der Waals surface area contributed by atoms with Gasteiger partial charge in [-0.05, 0) is 31.4 Å². The molecule has 0 bridgehead atoms. The second-order valence-electron chi connectivity index (χ2n) is 6.72. The lowest BCUT2D eigenvalue weighted by molar-refractivity contribution is -0.145. The van der Waals surface area contributed by atoms with Gasteiger partial charge in [0, 0.05) is 33.3 Å². The molecule has 1 aromatic rings. The third-order valence-electron chi connectivity index (χ3n) is 5.09. The lowest BCUT2D eigenvalue weighted by atomic mass is 9.78. The minimum atomic E-state index is -4.47. The molecule has 3 rings (SSSR count). The second kappa shape index (κ2) is 6.82. The second-order valence-corrected chi connectivity index (χ2v) is 6.72. The number of halogens is 3. The number of anilines is 1. The van der Waals surface area contributed by atoms with Gasteiger partial charge in [0.2, 0.25) is 5.91 Å². The van der Waals surface area contributed by atoms with Crippen molar-refractivity contribution < 1.29 is 22.7 Å². The number of amides is 1. The first-order valence-electron chi connectivity index (χ1n) is 8.43. The Morgan fingerprint density at radius 1 is 1.28 bits per heavy atom. The van der Waals surface area contributed by atoms with Crippen LogP contribution in [0.25, 0.3) is 0 Å². The van der Waals surface area contributed by atoms with Gasteiger partial charge in [-0.1, -0.05) is 6.07 Å². The molecule has 138 valence electrons. The molecule has 2 aliphatic rings. The zero-order valence-corrected chi connectivity index (χ0v) is 14.2. The molecule has 1 aromatic heterocycles. The zero-order valence-electron chi connectivity index (χ0n) is 14.2. The van der Waals surface area contributed by atoms with Gasteiger partial charge in [0.15, 0.2) is 0 Å². The maximum absolute atomic E-state index is 12.9. The van der Waals surface area contributed by atoms with E-state index < -0.39 is 17.3 Å². The molecule has 1 unspecified atom stereocenters. The molecule has 3 heterocycles. The monoisotopic (exact) mass is 357 g/mol. The van der Waals surface area contributed by atoms with Crippen molar-refractivity contribution in [1.29, 1.82) is 0 Å². The van der Waals surface area contributed by atoms with E-state index in [-0.39, 0.29) is 11.7 Å². The molecular weight excluding hydrogens is 335 g/mol. The van der Waals surface area contributed by atoms with E-state index in [1.165, 1.54) is 6.07 Å². The molecule has 8 heteroatoms. The maximum Gasteiger partial charge on any atom is 0.433 e. The quantitative estimate of drug-likeness (QED) is 0.831. The number of carbonyl (C=O) groups is 1. The molecule has 2 saturated heterocycles. The molecule has 5 nitrogen and oxygen atoms in total. The van der Waals surface area contributed by atoms with Crippen LogP contribution in [0.5, 0.6) is 0 Å². The van der Waals surface area contributed by atoms with Crippen molar-refractivity contribution >= 4 is 11.7 Å². The molecular formula is C17H22F3N3O2. The van der Waals surface area contributed by atoms with E-state index in [9.17, 15) is 18.0 Å². The topological polar surface area (TPSA) is 45.7 Å². The van der Waals surface area contributed by atoms with Crippen molar-refractivity contribution in [2.24, 2.45) is 5.41 Å². The Labute approximate surface area is 144 Å². The van der Waals surface area contributed by atoms with E-state index in [1.54, 1.807) is 18.1 Å². The van der Waals surface area contributed by atoms with Crippen LogP contribution in [-0.4, -0.2) is 55.7 Å². The summed E-state index contributed by atoms with van der Waals surface area (Å²) in [5, 5.41) is 0. The Morgan fingerprint density at radius 3 is 2.80 bits per heavy atom. The first kappa shape index (κ1) is 18.0. The standard InChI is InChI=1S/C17H22F3N3O2/c1-25-11-10-22-8-3-6-16(15(22)24)7-9-23(12-16)14-5-2-4-13(21-14)17(18,19)20/h2,4-5H,3,6-12H2,1H3. The summed E-state index contributed by atoms with van der Waals surface area (Å²) < 4.78 is 43.7. The average molecular weight is 357 g/mol. The lowest BCUT2D eigenvalue weighted by Gasteiger charge is -2.39. The van der Waals surface area contributed by atoms with Gasteiger partial charge in [-0.2, -0.15) is 13.2 Å². The highest BCUT2D eigenvalue weighted by Crippen LogP contribution is 2.41. The van der Waals surface area contributed by atoms with Crippen LogP contribution in [0.1, 0.15) is 25.0 Å². The molecule has 0 aliphatic carbocycles. The number of aromatic nitrogens is 1. The Hall–Kier alpha value is -1.83. The number of ether oxygens (including phenoxy) is 1. The SMILES string of the molecule is COCCN1CCCC2(CCN(c3cccc(C(F)(F)F)n3)C2)C1=O. The number of methoxy groups -OCH3 is 1. The largest absolute Gasteiger partial charge is 0.433 e. The molecule has 0 saturated carbocycles. The number of alkyl halides is 3. The maximum atomic E-state index is 12.9. The summed E-state index contributed by atoms with van der Waals surface area (Å²) in [5.74, 6) is 0.374. The van der Waals surface area contributed by atoms with Crippen molar-refractivity contribution in [2.75, 3.05) is 44.8 Å². The normalized spacial score (nSPS) is 24.4. The number of likely N-dealkylation sites (tertiary alicyclic amines) is 1. The van der Waals surface area contributed by atoms with Crippen LogP contribution in [-0.2, 0) is 15.7 Å². The number of hydrogen-bond acceptors (Lipinski definition) is 4. The number of rotatable bonds is 4. The molecule has 25 heavy (non-hydrogen) atoms. The summed E-state index contributed by atoms with van der Waals surface area (Å²) >= 11 is 0. The molecule has 1 atom stereocenters. The van der Waals surface area contributed by atoms with Crippen molar-refractivity contribution in [3.63, 3.8) is 0 Å². The number of piperidine rings is 1. The van der Waals surface area contributed by atoms with Crippen LogP contribution < -0.4 is 4.90 Å². The number of carbonyl (C=O) groups excluding carboxylic acids is 1. The van der Waals surface area contributed by atoms with Gasteiger partial charge in [0.05, 0.1) is 12.0 Å². The van der Waals surface area contributed by atoms with Crippen molar-refractivity contribution in [3.05, 3.63) is 23.9 Å². The number of pyridine rings is 1. The molecule has 0 N–H and O–H groups in total. The fourth-order valence-electron chi connectivity index (χ4n) is 3.77. The summed E-state index contributed by atoms with van der Waals surface area (Å²) in [6.45, 7) is 2.72. The van der Waals surface area contributed by atoms with E-state index in [0.29, 0.717) is 39.2 Å². The predicted octanol–water partition coefficient (Wildman–Crippen LogP) is 2.57. The van der Waals surface area contributed by atoms with Crippen molar-refractivity contribution in [3.8, 4) is 0 Å². The number of nitrogens with zero attached hydrogens (tertiary/aromatic N) is 3. The Bertz CT molecular complexity index is 638. The third kappa shape index (κ3) is 3.58. The molecule has 2 fully saturated rings. The summed E-state index contributed by atoms with van der Waals surface area (Å²) in [7, 11) is 1.60. The molecule has 1 spiro atoms. The fourth-order valence-corrected chi connectivity index (χ4v) is 3.77. The summed E-state index contributed by atoms with van der Waals surface area (Å²) in [6, 6.07) is 3.90. The van der Waals surface area contributed by atoms with Crippen LogP contribution in [0, 0.1) is 5.41 Å². The third-order valence-corrected chi connectivity index (χ3v) is 5.09. The zero-order chi connectivity index (χ0) is 18.1. The van der Waals surface area contributed by atoms with Gasteiger partial charge in [-0.3, -0.25) is 4.79 Å². The Balaban J connectivity index is 1.75. The highest BCUT2D eigenvalue weighted by molar-refractivity contribution is 5.85. The van der Waals surface area contributed by atoms with E-state index >= 15 is 0 Å². The molecule has 2 aliphatic heterocycles. The Kier molecular flexibility index (Phi) is 4.90. The van der Waals surface area contributed by atoms with Crippen LogP contribution >= 0.6 is 0 Å². The lowest BCUT2D eigenvalue weighted by Crippen LogP contribution is -2.51. The van der Waals surface area contributed by atoms with Crippen molar-refractivity contribution in [1.82, 2.24) is 9.88 Å². The Morgan fingerprint density at radius 2 is 2.08 bits per heavy atom. The highest BCUT2D eigenvalue weighted by atomic mass is 19.4. The predicted molar refractivity (Wildman–Crippen MR) is 86.2 cm³/mol. The summed E-state index contributed by atoms with van der Waals surface area (Å²) in [4.78, 5) is 20.3. The van der Waals surface area contributed by atoms with Crippen LogP contribution in [0.15, 0.2) is 18.2 Å².